The van der Waals surface area contributed by atoms with Gasteiger partial charge in [0.2, 0.25) is 0 Å². The lowest BCUT2D eigenvalue weighted by Gasteiger charge is -2.19. The summed E-state index contributed by atoms with van der Waals surface area (Å²) in [6.45, 7) is 0. The van der Waals surface area contributed by atoms with Gasteiger partial charge in [-0.1, -0.05) is 127 Å². The molecule has 0 amide bonds. The third kappa shape index (κ3) is 3.87. The second-order valence-corrected chi connectivity index (χ2v) is 9.77. The minimum Gasteiger partial charge on any atom is -0.369 e. The van der Waals surface area contributed by atoms with Gasteiger partial charge in [0.25, 0.3) is 0 Å². The molecule has 0 bridgehead atoms. The summed E-state index contributed by atoms with van der Waals surface area (Å²) in [5.41, 5.74) is 5.21. The van der Waals surface area contributed by atoms with Gasteiger partial charge in [0.15, 0.2) is 11.2 Å². The summed E-state index contributed by atoms with van der Waals surface area (Å²) in [4.78, 5) is 0. The Hall–Kier alpha value is -4.08. The maximum atomic E-state index is 11.5. The zero-order valence-corrected chi connectivity index (χ0v) is 20.7. The van der Waals surface area contributed by atoms with E-state index in [1.165, 1.54) is 0 Å². The third-order valence-corrected chi connectivity index (χ3v) is 7.49. The van der Waals surface area contributed by atoms with Crippen LogP contribution in [0.4, 0.5) is 0 Å². The maximum absolute atomic E-state index is 11.5. The SMILES string of the molecule is OC1(C#CCCCCCC#CC2(O)c3ccccc3-c3ccccc32)c2ccccc2-c2ccccc21. The van der Waals surface area contributed by atoms with Gasteiger partial charge in [-0.25, -0.2) is 0 Å². The van der Waals surface area contributed by atoms with Gasteiger partial charge in [0, 0.05) is 35.1 Å². The summed E-state index contributed by atoms with van der Waals surface area (Å²) in [7, 11) is 0. The molecule has 0 unspecified atom stereocenters. The lowest BCUT2D eigenvalue weighted by molar-refractivity contribution is 0.150. The third-order valence-electron chi connectivity index (χ3n) is 7.49. The van der Waals surface area contributed by atoms with E-state index in [2.05, 4.69) is 23.7 Å². The summed E-state index contributed by atoms with van der Waals surface area (Å²) in [5, 5.41) is 23.0. The van der Waals surface area contributed by atoms with E-state index >= 15 is 0 Å². The van der Waals surface area contributed by atoms with Crippen LogP contribution in [0, 0.1) is 23.7 Å². The Morgan fingerprint density at radius 2 is 0.730 bits per heavy atom. The van der Waals surface area contributed by atoms with Crippen LogP contribution in [0.2, 0.25) is 0 Å². The van der Waals surface area contributed by atoms with Crippen LogP contribution in [0.15, 0.2) is 97.1 Å². The molecule has 0 fully saturated rings. The molecule has 2 nitrogen and oxygen atoms in total. The summed E-state index contributed by atoms with van der Waals surface area (Å²) in [5.74, 6) is 12.8. The maximum Gasteiger partial charge on any atom is 0.178 e. The molecule has 2 aliphatic carbocycles. The van der Waals surface area contributed by atoms with Crippen molar-refractivity contribution in [3.63, 3.8) is 0 Å². The van der Waals surface area contributed by atoms with E-state index in [-0.39, 0.29) is 0 Å². The Balaban J connectivity index is 1.07. The lowest BCUT2D eigenvalue weighted by Crippen LogP contribution is -2.22. The number of rotatable bonds is 4. The second kappa shape index (κ2) is 9.42. The highest BCUT2D eigenvalue weighted by molar-refractivity contribution is 5.82. The highest BCUT2D eigenvalue weighted by Crippen LogP contribution is 2.48. The monoisotopic (exact) mass is 480 g/mol. The Morgan fingerprint density at radius 3 is 1.05 bits per heavy atom. The fourth-order valence-corrected chi connectivity index (χ4v) is 5.68. The molecular weight excluding hydrogens is 452 g/mol. The van der Waals surface area contributed by atoms with Crippen LogP contribution in [-0.4, -0.2) is 10.2 Å². The number of benzene rings is 4. The van der Waals surface area contributed by atoms with E-state index < -0.39 is 11.2 Å². The molecule has 0 atom stereocenters. The van der Waals surface area contributed by atoms with Gasteiger partial charge in [0.05, 0.1) is 0 Å². The molecule has 0 spiro atoms. The minimum absolute atomic E-state index is 0.727. The molecule has 37 heavy (non-hydrogen) atoms. The van der Waals surface area contributed by atoms with Gasteiger partial charge in [-0.05, 0) is 35.1 Å². The van der Waals surface area contributed by atoms with E-state index in [1.54, 1.807) is 0 Å². The van der Waals surface area contributed by atoms with Crippen molar-refractivity contribution < 1.29 is 10.2 Å². The first-order valence-electron chi connectivity index (χ1n) is 13.0. The largest absolute Gasteiger partial charge is 0.369 e. The van der Waals surface area contributed by atoms with Gasteiger partial charge in [0.1, 0.15) is 0 Å². The fourth-order valence-electron chi connectivity index (χ4n) is 5.68. The molecule has 2 N–H and O–H groups in total. The van der Waals surface area contributed by atoms with E-state index in [1.807, 2.05) is 97.1 Å². The molecule has 0 radical (unpaired) electrons. The molecule has 2 heteroatoms. The average Bonchev–Trinajstić information content (AvgIpc) is 3.35. The Morgan fingerprint density at radius 1 is 0.432 bits per heavy atom. The van der Waals surface area contributed by atoms with Gasteiger partial charge < -0.3 is 10.2 Å². The van der Waals surface area contributed by atoms with Crippen LogP contribution in [0.1, 0.15) is 54.4 Å². The zero-order valence-electron chi connectivity index (χ0n) is 20.7. The lowest BCUT2D eigenvalue weighted by atomic mass is 9.92. The molecule has 4 aromatic carbocycles. The molecule has 0 saturated carbocycles. The number of hydrogen-bond donors (Lipinski definition) is 2. The quantitative estimate of drug-likeness (QED) is 0.250. The molecule has 180 valence electrons. The van der Waals surface area contributed by atoms with E-state index in [0.717, 1.165) is 76.6 Å². The van der Waals surface area contributed by atoms with Crippen molar-refractivity contribution in [2.75, 3.05) is 0 Å². The van der Waals surface area contributed by atoms with Crippen molar-refractivity contribution >= 4 is 0 Å². The summed E-state index contributed by atoms with van der Waals surface area (Å²) < 4.78 is 0. The minimum atomic E-state index is -1.25. The average molecular weight is 481 g/mol. The van der Waals surface area contributed by atoms with Crippen molar-refractivity contribution in [3.8, 4) is 45.9 Å². The van der Waals surface area contributed by atoms with Gasteiger partial charge in [-0.3, -0.25) is 0 Å². The normalized spacial score (nSPS) is 14.8. The number of fused-ring (bicyclic) bond motifs is 6. The predicted molar refractivity (Wildman–Crippen MR) is 148 cm³/mol. The molecular formula is C35H28O2. The Bertz CT molecular complexity index is 1390. The van der Waals surface area contributed by atoms with Crippen LogP contribution in [-0.2, 0) is 11.2 Å². The molecule has 4 aromatic rings. The summed E-state index contributed by atoms with van der Waals surface area (Å²) >= 11 is 0. The van der Waals surface area contributed by atoms with Crippen LogP contribution in [0.3, 0.4) is 0 Å². The van der Waals surface area contributed by atoms with Crippen molar-refractivity contribution in [2.24, 2.45) is 0 Å². The standard InChI is InChI=1S/C35H28O2/c36-34(30-20-10-6-16-26(30)27-17-7-11-21-31(27)34)24-14-4-2-1-3-5-15-25-35(37)32-22-12-8-18-28(32)29-19-9-13-23-33(29)35/h6-13,16-23,36-37H,1-5H2. The zero-order chi connectivity index (χ0) is 25.3. The van der Waals surface area contributed by atoms with E-state index in [0.29, 0.717) is 0 Å². The number of unbranched alkanes of at least 4 members (excludes halogenated alkanes) is 4. The number of aliphatic hydroxyl groups is 2. The van der Waals surface area contributed by atoms with Crippen LogP contribution >= 0.6 is 0 Å². The molecule has 0 aliphatic heterocycles. The second-order valence-electron chi connectivity index (χ2n) is 9.77. The van der Waals surface area contributed by atoms with Crippen LogP contribution in [0.5, 0.6) is 0 Å². The highest BCUT2D eigenvalue weighted by atomic mass is 16.3. The van der Waals surface area contributed by atoms with Crippen molar-refractivity contribution in [1.82, 2.24) is 0 Å². The first-order chi connectivity index (χ1) is 18.1. The number of hydrogen-bond acceptors (Lipinski definition) is 2. The fraction of sp³-hybridized carbons (Fsp3) is 0.200. The van der Waals surface area contributed by atoms with Crippen molar-refractivity contribution in [1.29, 1.82) is 0 Å². The van der Waals surface area contributed by atoms with Gasteiger partial charge in [-0.15, -0.1) is 0 Å². The molecule has 0 saturated heterocycles. The highest BCUT2D eigenvalue weighted by Gasteiger charge is 2.40. The van der Waals surface area contributed by atoms with E-state index in [4.69, 9.17) is 0 Å². The predicted octanol–water partition coefficient (Wildman–Crippen LogP) is 6.78. The van der Waals surface area contributed by atoms with Gasteiger partial charge in [-0.2, -0.15) is 0 Å². The molecule has 0 aromatic heterocycles. The van der Waals surface area contributed by atoms with Crippen LogP contribution < -0.4 is 0 Å². The summed E-state index contributed by atoms with van der Waals surface area (Å²) in [6, 6.07) is 31.9. The Labute approximate surface area is 218 Å². The first-order valence-corrected chi connectivity index (χ1v) is 13.0. The molecule has 2 aliphatic rings. The van der Waals surface area contributed by atoms with Gasteiger partial charge >= 0.3 is 0 Å². The molecule has 0 heterocycles. The smallest absolute Gasteiger partial charge is 0.178 e. The first kappa shape index (κ1) is 23.3. The van der Waals surface area contributed by atoms with Crippen LogP contribution in [0.25, 0.3) is 22.3 Å². The van der Waals surface area contributed by atoms with E-state index in [9.17, 15) is 10.2 Å². The van der Waals surface area contributed by atoms with Crippen molar-refractivity contribution in [3.05, 3.63) is 119 Å². The topological polar surface area (TPSA) is 40.5 Å². The molecule has 6 rings (SSSR count). The van der Waals surface area contributed by atoms with Crippen molar-refractivity contribution in [2.45, 2.75) is 43.3 Å². The summed E-state index contributed by atoms with van der Waals surface area (Å²) in [6.07, 6.45) is 4.35. The Kier molecular flexibility index (Phi) is 5.94.